The van der Waals surface area contributed by atoms with Gasteiger partial charge in [-0.05, 0) is 34.9 Å². The molecule has 1 amide bonds. The summed E-state index contributed by atoms with van der Waals surface area (Å²) in [5.74, 6) is -1.34. The van der Waals surface area contributed by atoms with Crippen LogP contribution >= 0.6 is 0 Å². The minimum absolute atomic E-state index is 0.0286. The summed E-state index contributed by atoms with van der Waals surface area (Å²) in [7, 11) is -4.01. The molecule has 1 N–H and O–H groups in total. The van der Waals surface area contributed by atoms with Gasteiger partial charge in [-0.25, -0.2) is 17.5 Å². The first-order valence-corrected chi connectivity index (χ1v) is 9.38. The fraction of sp³-hybridized carbons (Fsp3) is 0.0500. The van der Waals surface area contributed by atoms with Gasteiger partial charge in [-0.1, -0.05) is 60.7 Å². The van der Waals surface area contributed by atoms with E-state index in [4.69, 9.17) is 0 Å². The SMILES string of the molecule is O=C(Cc1ccccc1F)NS(=O)(=O)c1ccc(-c2ccccc2)cc1. The molecule has 132 valence electrons. The van der Waals surface area contributed by atoms with Gasteiger partial charge in [0.05, 0.1) is 11.3 Å². The Hall–Kier alpha value is -2.99. The molecule has 0 unspecified atom stereocenters. The van der Waals surface area contributed by atoms with E-state index in [2.05, 4.69) is 0 Å². The third kappa shape index (κ3) is 4.15. The lowest BCUT2D eigenvalue weighted by Gasteiger charge is -2.08. The van der Waals surface area contributed by atoms with Gasteiger partial charge in [0.1, 0.15) is 5.82 Å². The molecule has 0 radical (unpaired) electrons. The van der Waals surface area contributed by atoms with Crippen LogP contribution in [-0.2, 0) is 21.2 Å². The Kier molecular flexibility index (Phi) is 5.14. The molecule has 6 heteroatoms. The largest absolute Gasteiger partial charge is 0.274 e. The molecule has 4 nitrogen and oxygen atoms in total. The van der Waals surface area contributed by atoms with Crippen molar-refractivity contribution in [3.63, 3.8) is 0 Å². The van der Waals surface area contributed by atoms with E-state index < -0.39 is 21.7 Å². The zero-order chi connectivity index (χ0) is 18.6. The first-order chi connectivity index (χ1) is 12.5. The van der Waals surface area contributed by atoms with Gasteiger partial charge in [-0.3, -0.25) is 4.79 Å². The van der Waals surface area contributed by atoms with Crippen molar-refractivity contribution in [2.24, 2.45) is 0 Å². The number of amides is 1. The standard InChI is InChI=1S/C20H16FNO3S/c21-19-9-5-4-8-17(19)14-20(23)22-26(24,25)18-12-10-16(11-13-18)15-6-2-1-3-7-15/h1-13H,14H2,(H,22,23). The summed E-state index contributed by atoms with van der Waals surface area (Å²) in [6, 6.07) is 21.5. The number of hydrogen-bond acceptors (Lipinski definition) is 3. The minimum Gasteiger partial charge on any atom is -0.274 e. The topological polar surface area (TPSA) is 63.2 Å². The molecule has 0 saturated carbocycles. The number of hydrogen-bond donors (Lipinski definition) is 1. The average molecular weight is 369 g/mol. The van der Waals surface area contributed by atoms with Crippen molar-refractivity contribution in [3.8, 4) is 11.1 Å². The van der Waals surface area contributed by atoms with E-state index in [1.807, 2.05) is 35.1 Å². The van der Waals surface area contributed by atoms with E-state index in [-0.39, 0.29) is 16.9 Å². The van der Waals surface area contributed by atoms with Gasteiger partial charge < -0.3 is 0 Å². The van der Waals surface area contributed by atoms with E-state index in [0.717, 1.165) is 11.1 Å². The molecular formula is C20H16FNO3S. The fourth-order valence-corrected chi connectivity index (χ4v) is 3.50. The Morgan fingerprint density at radius 1 is 0.808 bits per heavy atom. The van der Waals surface area contributed by atoms with Gasteiger partial charge in [0.15, 0.2) is 0 Å². The molecule has 3 rings (SSSR count). The number of sulfonamides is 1. The van der Waals surface area contributed by atoms with Crippen LogP contribution in [0, 0.1) is 5.82 Å². The Morgan fingerprint density at radius 3 is 2.04 bits per heavy atom. The van der Waals surface area contributed by atoms with E-state index in [1.165, 1.54) is 30.3 Å². The van der Waals surface area contributed by atoms with Crippen LogP contribution in [0.3, 0.4) is 0 Å². The number of rotatable bonds is 5. The molecule has 0 aromatic heterocycles. The van der Waals surface area contributed by atoms with Crippen LogP contribution < -0.4 is 4.72 Å². The number of benzene rings is 3. The van der Waals surface area contributed by atoms with Crippen molar-refractivity contribution >= 4 is 15.9 Å². The molecule has 0 fully saturated rings. The summed E-state index contributed by atoms with van der Waals surface area (Å²) >= 11 is 0. The van der Waals surface area contributed by atoms with E-state index >= 15 is 0 Å². The summed E-state index contributed by atoms with van der Waals surface area (Å²) in [4.78, 5) is 12.0. The van der Waals surface area contributed by atoms with Gasteiger partial charge in [0.2, 0.25) is 5.91 Å². The third-order valence-corrected chi connectivity index (χ3v) is 5.22. The molecule has 0 aliphatic heterocycles. The third-order valence-electron chi connectivity index (χ3n) is 3.83. The lowest BCUT2D eigenvalue weighted by atomic mass is 10.1. The van der Waals surface area contributed by atoms with Crippen LogP contribution in [0.1, 0.15) is 5.56 Å². The molecule has 0 saturated heterocycles. The maximum Gasteiger partial charge on any atom is 0.264 e. The average Bonchev–Trinajstić information content (AvgIpc) is 2.64. The first kappa shape index (κ1) is 17.8. The summed E-state index contributed by atoms with van der Waals surface area (Å²) in [6.45, 7) is 0. The van der Waals surface area contributed by atoms with Crippen molar-refractivity contribution in [1.29, 1.82) is 0 Å². The van der Waals surface area contributed by atoms with Crippen LogP contribution in [0.25, 0.3) is 11.1 Å². The highest BCUT2D eigenvalue weighted by atomic mass is 32.2. The maximum atomic E-state index is 13.6. The van der Waals surface area contributed by atoms with Crippen molar-refractivity contribution in [2.45, 2.75) is 11.3 Å². The second kappa shape index (κ2) is 7.49. The minimum atomic E-state index is -4.01. The summed E-state index contributed by atoms with van der Waals surface area (Å²) < 4.78 is 40.2. The van der Waals surface area contributed by atoms with Crippen LogP contribution in [0.5, 0.6) is 0 Å². The predicted octanol–water partition coefficient (Wildman–Crippen LogP) is 3.54. The Bertz CT molecular complexity index is 1020. The summed E-state index contributed by atoms with van der Waals surface area (Å²) in [6.07, 6.45) is -0.353. The molecule has 0 spiro atoms. The first-order valence-electron chi connectivity index (χ1n) is 7.90. The van der Waals surface area contributed by atoms with E-state index in [1.54, 1.807) is 18.2 Å². The van der Waals surface area contributed by atoms with Crippen LogP contribution in [0.2, 0.25) is 0 Å². The van der Waals surface area contributed by atoms with Crippen LogP contribution in [0.4, 0.5) is 4.39 Å². The van der Waals surface area contributed by atoms with Crippen molar-refractivity contribution < 1.29 is 17.6 Å². The van der Waals surface area contributed by atoms with Gasteiger partial charge in [0, 0.05) is 0 Å². The van der Waals surface area contributed by atoms with Gasteiger partial charge in [-0.2, -0.15) is 0 Å². The molecule has 0 aliphatic carbocycles. The van der Waals surface area contributed by atoms with Crippen LogP contribution in [0.15, 0.2) is 83.8 Å². The summed E-state index contributed by atoms with van der Waals surface area (Å²) in [5.41, 5.74) is 1.96. The van der Waals surface area contributed by atoms with Gasteiger partial charge in [0.25, 0.3) is 10.0 Å². The fourth-order valence-electron chi connectivity index (χ4n) is 2.52. The van der Waals surface area contributed by atoms with Crippen molar-refractivity contribution in [2.75, 3.05) is 0 Å². The van der Waals surface area contributed by atoms with Crippen LogP contribution in [-0.4, -0.2) is 14.3 Å². The zero-order valence-electron chi connectivity index (χ0n) is 13.7. The van der Waals surface area contributed by atoms with Gasteiger partial charge >= 0.3 is 0 Å². The van der Waals surface area contributed by atoms with E-state index in [0.29, 0.717) is 0 Å². The monoisotopic (exact) mass is 369 g/mol. The normalized spacial score (nSPS) is 11.1. The molecule has 0 aliphatic rings. The van der Waals surface area contributed by atoms with E-state index in [9.17, 15) is 17.6 Å². The maximum absolute atomic E-state index is 13.6. The Balaban J connectivity index is 1.74. The molecule has 0 bridgehead atoms. The number of halogens is 1. The number of nitrogens with one attached hydrogen (secondary N) is 1. The molecule has 26 heavy (non-hydrogen) atoms. The molecule has 0 heterocycles. The molecular weight excluding hydrogens is 353 g/mol. The number of carbonyl (C=O) groups excluding carboxylic acids is 1. The number of carbonyl (C=O) groups is 1. The highest BCUT2D eigenvalue weighted by Gasteiger charge is 2.18. The lowest BCUT2D eigenvalue weighted by molar-refractivity contribution is -0.118. The van der Waals surface area contributed by atoms with Gasteiger partial charge in [-0.15, -0.1) is 0 Å². The Labute approximate surface area is 151 Å². The van der Waals surface area contributed by atoms with Crippen molar-refractivity contribution in [1.82, 2.24) is 4.72 Å². The quantitative estimate of drug-likeness (QED) is 0.748. The van der Waals surface area contributed by atoms with Crippen molar-refractivity contribution in [3.05, 3.63) is 90.2 Å². The predicted molar refractivity (Wildman–Crippen MR) is 97.3 cm³/mol. The molecule has 3 aromatic rings. The molecule has 3 aromatic carbocycles. The summed E-state index contributed by atoms with van der Waals surface area (Å²) in [5, 5.41) is 0. The smallest absolute Gasteiger partial charge is 0.264 e. The lowest BCUT2D eigenvalue weighted by Crippen LogP contribution is -2.32. The Morgan fingerprint density at radius 2 is 1.38 bits per heavy atom. The highest BCUT2D eigenvalue weighted by Crippen LogP contribution is 2.21. The zero-order valence-corrected chi connectivity index (χ0v) is 14.5. The second-order valence-corrected chi connectivity index (χ2v) is 7.37. The second-order valence-electron chi connectivity index (χ2n) is 5.69. The molecule has 0 atom stereocenters. The highest BCUT2D eigenvalue weighted by molar-refractivity contribution is 7.90.